The lowest BCUT2D eigenvalue weighted by Crippen LogP contribution is -1.97. The maximum Gasteiger partial charge on any atom is 0.269 e. The first kappa shape index (κ1) is 20.6. The van der Waals surface area contributed by atoms with Gasteiger partial charge in [-0.2, -0.15) is 5.26 Å². The first-order valence-corrected chi connectivity index (χ1v) is 9.67. The Morgan fingerprint density at radius 3 is 2.52 bits per heavy atom. The first-order chi connectivity index (χ1) is 14.0. The van der Waals surface area contributed by atoms with Crippen molar-refractivity contribution in [3.8, 4) is 11.8 Å². The van der Waals surface area contributed by atoms with Crippen LogP contribution in [-0.2, 0) is 6.61 Å². The Bertz CT molecular complexity index is 1120. The van der Waals surface area contributed by atoms with Crippen molar-refractivity contribution in [2.75, 3.05) is 0 Å². The van der Waals surface area contributed by atoms with Crippen molar-refractivity contribution >= 4 is 44.9 Å². The number of hydrogen-bond donors (Lipinski definition) is 0. The molecule has 0 aromatic heterocycles. The zero-order chi connectivity index (χ0) is 20.8. The number of halogens is 2. The fraction of sp³-hybridized carbons (Fsp3) is 0.0455. The van der Waals surface area contributed by atoms with E-state index in [9.17, 15) is 15.4 Å². The Balaban J connectivity index is 1.75. The lowest BCUT2D eigenvalue weighted by atomic mass is 10.0. The molecular weight excluding hydrogens is 456 g/mol. The first-order valence-electron chi connectivity index (χ1n) is 8.50. The summed E-state index contributed by atoms with van der Waals surface area (Å²) in [6.45, 7) is 0.273. The molecule has 0 unspecified atom stereocenters. The van der Waals surface area contributed by atoms with E-state index in [1.807, 2.05) is 24.3 Å². The smallest absolute Gasteiger partial charge is 0.269 e. The van der Waals surface area contributed by atoms with Gasteiger partial charge in [-0.25, -0.2) is 0 Å². The van der Waals surface area contributed by atoms with Gasteiger partial charge < -0.3 is 4.74 Å². The van der Waals surface area contributed by atoms with Gasteiger partial charge in [-0.3, -0.25) is 10.1 Å². The summed E-state index contributed by atoms with van der Waals surface area (Å²) in [7, 11) is 0. The fourth-order valence-electron chi connectivity index (χ4n) is 2.62. The number of hydrogen-bond acceptors (Lipinski definition) is 4. The van der Waals surface area contributed by atoms with E-state index in [1.165, 1.54) is 12.1 Å². The summed E-state index contributed by atoms with van der Waals surface area (Å²) in [6, 6.07) is 21.1. The molecule has 0 N–H and O–H groups in total. The predicted octanol–water partition coefficient (Wildman–Crippen LogP) is 6.65. The summed E-state index contributed by atoms with van der Waals surface area (Å²) in [5.41, 5.74) is 2.80. The van der Waals surface area contributed by atoms with Crippen molar-refractivity contribution in [3.63, 3.8) is 0 Å². The fourth-order valence-corrected chi connectivity index (χ4v) is 3.36. The van der Waals surface area contributed by atoms with E-state index in [2.05, 4.69) is 22.0 Å². The number of allylic oxidation sites excluding steroid dienone is 1. The molecule has 0 radical (unpaired) electrons. The molecule has 29 heavy (non-hydrogen) atoms. The maximum atomic E-state index is 10.7. The number of nitriles is 1. The lowest BCUT2D eigenvalue weighted by molar-refractivity contribution is -0.384. The molecule has 0 aliphatic heterocycles. The van der Waals surface area contributed by atoms with Gasteiger partial charge in [0.1, 0.15) is 12.4 Å². The van der Waals surface area contributed by atoms with Gasteiger partial charge in [0.25, 0.3) is 5.69 Å². The van der Waals surface area contributed by atoms with E-state index < -0.39 is 4.92 Å². The molecule has 0 saturated carbocycles. The Morgan fingerprint density at radius 2 is 1.90 bits per heavy atom. The zero-order valence-electron chi connectivity index (χ0n) is 15.0. The molecule has 0 heterocycles. The van der Waals surface area contributed by atoms with Crippen LogP contribution in [0.2, 0.25) is 5.02 Å². The van der Waals surface area contributed by atoms with Crippen LogP contribution >= 0.6 is 27.5 Å². The second-order valence-corrected chi connectivity index (χ2v) is 7.31. The lowest BCUT2D eigenvalue weighted by Gasteiger charge is -2.09. The molecule has 0 aliphatic rings. The second-order valence-electron chi connectivity index (χ2n) is 6.05. The average molecular weight is 470 g/mol. The highest BCUT2D eigenvalue weighted by molar-refractivity contribution is 9.10. The molecule has 3 aromatic carbocycles. The van der Waals surface area contributed by atoms with E-state index in [0.717, 1.165) is 15.6 Å². The van der Waals surface area contributed by atoms with Gasteiger partial charge in [-0.1, -0.05) is 35.9 Å². The molecular formula is C22H14BrClN2O3. The molecule has 0 aliphatic carbocycles. The maximum absolute atomic E-state index is 10.7. The third-order valence-electron chi connectivity index (χ3n) is 4.09. The van der Waals surface area contributed by atoms with Crippen LogP contribution < -0.4 is 4.74 Å². The van der Waals surface area contributed by atoms with Crippen molar-refractivity contribution in [3.05, 3.63) is 103 Å². The predicted molar refractivity (Wildman–Crippen MR) is 117 cm³/mol. The van der Waals surface area contributed by atoms with E-state index in [4.69, 9.17) is 16.3 Å². The quantitative estimate of drug-likeness (QED) is 0.175. The van der Waals surface area contributed by atoms with Crippen molar-refractivity contribution in [2.45, 2.75) is 6.61 Å². The van der Waals surface area contributed by atoms with Crippen LogP contribution in [0.15, 0.2) is 71.2 Å². The summed E-state index contributed by atoms with van der Waals surface area (Å²) in [6.07, 6.45) is 1.76. The van der Waals surface area contributed by atoms with E-state index in [0.29, 0.717) is 21.9 Å². The molecule has 0 fully saturated rings. The minimum atomic E-state index is -0.439. The van der Waals surface area contributed by atoms with Gasteiger partial charge in [0, 0.05) is 22.7 Å². The van der Waals surface area contributed by atoms with Crippen LogP contribution in [0, 0.1) is 21.4 Å². The average Bonchev–Trinajstić information content (AvgIpc) is 2.72. The summed E-state index contributed by atoms with van der Waals surface area (Å²) in [4.78, 5) is 10.3. The SMILES string of the molecule is N#CC(=Cc1ccc(OCc2ccc([N+](=O)[O-])cc2)c(Br)c1)c1ccccc1Cl. The van der Waals surface area contributed by atoms with Gasteiger partial charge in [-0.15, -0.1) is 0 Å². The number of benzene rings is 3. The summed E-state index contributed by atoms with van der Waals surface area (Å²) in [5, 5.41) is 20.7. The molecule has 0 bridgehead atoms. The van der Waals surface area contributed by atoms with Crippen molar-refractivity contribution in [1.29, 1.82) is 5.26 Å². The molecule has 0 amide bonds. The Labute approximate surface area is 181 Å². The third kappa shape index (κ3) is 5.23. The van der Waals surface area contributed by atoms with Crippen molar-refractivity contribution in [2.24, 2.45) is 0 Å². The van der Waals surface area contributed by atoms with Crippen LogP contribution in [0.4, 0.5) is 5.69 Å². The van der Waals surface area contributed by atoms with Gasteiger partial charge in [0.05, 0.1) is 21.0 Å². The molecule has 3 aromatic rings. The summed E-state index contributed by atoms with van der Waals surface area (Å²) >= 11 is 9.67. The van der Waals surface area contributed by atoms with Crippen LogP contribution in [0.3, 0.4) is 0 Å². The van der Waals surface area contributed by atoms with E-state index >= 15 is 0 Å². The Hall–Kier alpha value is -3.14. The Morgan fingerprint density at radius 1 is 1.17 bits per heavy atom. The zero-order valence-corrected chi connectivity index (χ0v) is 17.4. The number of rotatable bonds is 6. The number of nitro benzene ring substituents is 1. The number of nitro groups is 1. The van der Waals surface area contributed by atoms with Crippen molar-refractivity contribution in [1.82, 2.24) is 0 Å². The molecule has 144 valence electrons. The third-order valence-corrected chi connectivity index (χ3v) is 5.04. The van der Waals surface area contributed by atoms with Crippen LogP contribution in [-0.4, -0.2) is 4.92 Å². The van der Waals surface area contributed by atoms with Gasteiger partial charge in [-0.05, 0) is 63.5 Å². The highest BCUT2D eigenvalue weighted by Crippen LogP contribution is 2.30. The van der Waals surface area contributed by atoms with Crippen LogP contribution in [0.1, 0.15) is 16.7 Å². The monoisotopic (exact) mass is 468 g/mol. The van der Waals surface area contributed by atoms with Crippen LogP contribution in [0.25, 0.3) is 11.6 Å². The van der Waals surface area contributed by atoms with Crippen molar-refractivity contribution < 1.29 is 9.66 Å². The van der Waals surface area contributed by atoms with Gasteiger partial charge in [0.2, 0.25) is 0 Å². The second kappa shape index (κ2) is 9.37. The number of non-ortho nitro benzene ring substituents is 1. The summed E-state index contributed by atoms with van der Waals surface area (Å²) in [5.74, 6) is 0.622. The molecule has 0 atom stereocenters. The minimum absolute atomic E-state index is 0.0397. The highest BCUT2D eigenvalue weighted by atomic mass is 79.9. The normalized spacial score (nSPS) is 11.0. The molecule has 7 heteroatoms. The van der Waals surface area contributed by atoms with E-state index in [-0.39, 0.29) is 12.3 Å². The van der Waals surface area contributed by atoms with Gasteiger partial charge >= 0.3 is 0 Å². The number of ether oxygens (including phenoxy) is 1. The topological polar surface area (TPSA) is 76.2 Å². The molecule has 0 saturated heterocycles. The summed E-state index contributed by atoms with van der Waals surface area (Å²) < 4.78 is 6.52. The largest absolute Gasteiger partial charge is 0.488 e. The molecule has 0 spiro atoms. The molecule has 3 rings (SSSR count). The minimum Gasteiger partial charge on any atom is -0.488 e. The van der Waals surface area contributed by atoms with Crippen LogP contribution in [0.5, 0.6) is 5.75 Å². The van der Waals surface area contributed by atoms with E-state index in [1.54, 1.807) is 36.4 Å². The Kier molecular flexibility index (Phi) is 6.65. The highest BCUT2D eigenvalue weighted by Gasteiger charge is 2.08. The number of nitrogens with zero attached hydrogens (tertiary/aromatic N) is 2. The molecule has 5 nitrogen and oxygen atoms in total. The standard InChI is InChI=1S/C22H14BrClN2O3/c23-20-12-16(11-17(13-25)19-3-1-2-4-21(19)24)7-10-22(20)29-14-15-5-8-18(9-6-15)26(27)28/h1-12H,14H2. The van der Waals surface area contributed by atoms with Gasteiger partial charge in [0.15, 0.2) is 0 Å².